The molecular weight excluding hydrogens is 404 g/mol. The van der Waals surface area contributed by atoms with Gasteiger partial charge in [0.05, 0.1) is 12.8 Å². The Bertz CT molecular complexity index is 1060. The van der Waals surface area contributed by atoms with Crippen molar-refractivity contribution in [3.63, 3.8) is 0 Å². The summed E-state index contributed by atoms with van der Waals surface area (Å²) >= 11 is 1.05. The van der Waals surface area contributed by atoms with Gasteiger partial charge in [0.1, 0.15) is 17.4 Å². The highest BCUT2D eigenvalue weighted by Crippen LogP contribution is 2.54. The second kappa shape index (κ2) is 7.05. The minimum atomic E-state index is -1.79. The van der Waals surface area contributed by atoms with Crippen LogP contribution in [0.4, 0.5) is 5.69 Å². The van der Waals surface area contributed by atoms with E-state index < -0.39 is 34.0 Å². The van der Waals surface area contributed by atoms with E-state index in [0.717, 1.165) is 11.8 Å². The van der Waals surface area contributed by atoms with Crippen molar-refractivity contribution in [1.82, 2.24) is 5.32 Å². The van der Waals surface area contributed by atoms with Gasteiger partial charge in [-0.3, -0.25) is 9.59 Å². The van der Waals surface area contributed by atoms with Crippen LogP contribution in [0, 0.1) is 0 Å². The molecule has 2 aliphatic rings. The molecule has 0 aromatic heterocycles. The summed E-state index contributed by atoms with van der Waals surface area (Å²) < 4.78 is 9.02. The van der Waals surface area contributed by atoms with Crippen LogP contribution in [0.1, 0.15) is 32.3 Å². The molecule has 2 N–H and O–H groups in total. The number of ether oxygens (including phenoxy) is 2. The van der Waals surface area contributed by atoms with Gasteiger partial charge in [-0.05, 0) is 39.0 Å². The Kier molecular flexibility index (Phi) is 4.77. The number of amides is 2. The number of rotatable bonds is 2. The average molecular weight is 426 g/mol. The normalized spacial score (nSPS) is 22.5. The Morgan fingerprint density at radius 1 is 1.20 bits per heavy atom. The SMILES string of the molecule is COc1ccc2c(c1)OC(=O)[C@@]1(Sc3ccccc3NC1=O)[C@@H]2C(=O)NC(C)(C)C. The van der Waals surface area contributed by atoms with E-state index in [1.54, 1.807) is 36.4 Å². The monoisotopic (exact) mass is 426 g/mol. The standard InChI is InChI=1S/C22H22N2O5S/c1-21(2,3)24-18(25)17-13-10-9-12(28-4)11-15(13)29-20(27)22(17)19(26)23-14-7-5-6-8-16(14)30-22/h5-11,17H,1-4H3,(H,23,26)(H,24,25)/t17-,22+/m0/s1. The summed E-state index contributed by atoms with van der Waals surface area (Å²) in [6.45, 7) is 5.53. The van der Waals surface area contributed by atoms with Gasteiger partial charge in [-0.25, -0.2) is 4.79 Å². The molecule has 0 radical (unpaired) electrons. The van der Waals surface area contributed by atoms with Gasteiger partial charge in [-0.15, -0.1) is 0 Å². The Labute approximate surface area is 178 Å². The van der Waals surface area contributed by atoms with Gasteiger partial charge in [-0.2, -0.15) is 0 Å². The topological polar surface area (TPSA) is 93.7 Å². The highest BCUT2D eigenvalue weighted by Gasteiger charge is 2.63. The van der Waals surface area contributed by atoms with E-state index >= 15 is 0 Å². The quantitative estimate of drug-likeness (QED) is 0.435. The second-order valence-corrected chi connectivity index (χ2v) is 9.54. The van der Waals surface area contributed by atoms with Gasteiger partial charge in [0.15, 0.2) is 0 Å². The molecule has 0 fully saturated rings. The number of carbonyl (C=O) groups excluding carboxylic acids is 3. The minimum Gasteiger partial charge on any atom is -0.497 e. The van der Waals surface area contributed by atoms with Gasteiger partial charge in [-0.1, -0.05) is 30.0 Å². The average Bonchev–Trinajstić information content (AvgIpc) is 2.67. The summed E-state index contributed by atoms with van der Waals surface area (Å²) in [5, 5.41) is 5.71. The number of para-hydroxylation sites is 1. The molecule has 156 valence electrons. The van der Waals surface area contributed by atoms with Gasteiger partial charge in [0, 0.05) is 22.1 Å². The van der Waals surface area contributed by atoms with E-state index in [9.17, 15) is 14.4 Å². The maximum Gasteiger partial charge on any atom is 0.338 e. The molecule has 2 heterocycles. The molecule has 0 aliphatic carbocycles. The van der Waals surface area contributed by atoms with Crippen molar-refractivity contribution in [3.05, 3.63) is 48.0 Å². The Morgan fingerprint density at radius 3 is 2.63 bits per heavy atom. The first-order valence-corrected chi connectivity index (χ1v) is 10.3. The van der Waals surface area contributed by atoms with Gasteiger partial charge in [0.25, 0.3) is 5.91 Å². The van der Waals surface area contributed by atoms with Crippen LogP contribution in [-0.2, 0) is 14.4 Å². The van der Waals surface area contributed by atoms with Gasteiger partial charge in [0.2, 0.25) is 10.7 Å². The van der Waals surface area contributed by atoms with E-state index in [1.165, 1.54) is 7.11 Å². The van der Waals surface area contributed by atoms with Crippen molar-refractivity contribution >= 4 is 35.2 Å². The molecule has 4 rings (SSSR count). The Hall–Kier alpha value is -3.00. The molecule has 7 nitrogen and oxygen atoms in total. The first-order valence-electron chi connectivity index (χ1n) is 9.47. The van der Waals surface area contributed by atoms with Crippen molar-refractivity contribution in [1.29, 1.82) is 0 Å². The summed E-state index contributed by atoms with van der Waals surface area (Å²) in [6.07, 6.45) is 0. The molecule has 2 aromatic carbocycles. The van der Waals surface area contributed by atoms with Crippen LogP contribution in [0.5, 0.6) is 11.5 Å². The van der Waals surface area contributed by atoms with Crippen molar-refractivity contribution < 1.29 is 23.9 Å². The largest absolute Gasteiger partial charge is 0.497 e. The third-order valence-corrected chi connectivity index (χ3v) is 6.43. The van der Waals surface area contributed by atoms with Crippen LogP contribution in [0.25, 0.3) is 0 Å². The number of benzene rings is 2. The molecule has 0 unspecified atom stereocenters. The molecule has 0 saturated heterocycles. The maximum atomic E-state index is 13.5. The van der Waals surface area contributed by atoms with Crippen molar-refractivity contribution in [2.24, 2.45) is 0 Å². The lowest BCUT2D eigenvalue weighted by Gasteiger charge is -2.42. The molecule has 2 amide bonds. The number of anilines is 1. The fraction of sp³-hybridized carbons (Fsp3) is 0.318. The number of fused-ring (bicyclic) bond motifs is 2. The smallest absolute Gasteiger partial charge is 0.338 e. The third-order valence-electron chi connectivity index (χ3n) is 4.95. The maximum absolute atomic E-state index is 13.5. The van der Waals surface area contributed by atoms with Crippen LogP contribution >= 0.6 is 11.8 Å². The first kappa shape index (κ1) is 20.3. The number of carbonyl (C=O) groups is 3. The molecule has 1 spiro atoms. The van der Waals surface area contributed by atoms with Crippen LogP contribution < -0.4 is 20.1 Å². The zero-order chi connectivity index (χ0) is 21.7. The van der Waals surface area contributed by atoms with E-state index in [1.807, 2.05) is 26.8 Å². The lowest BCUT2D eigenvalue weighted by atomic mass is 9.80. The van der Waals surface area contributed by atoms with Crippen LogP contribution in [-0.4, -0.2) is 35.2 Å². The number of methoxy groups -OCH3 is 1. The summed E-state index contributed by atoms with van der Waals surface area (Å²) in [5.74, 6) is -2.17. The van der Waals surface area contributed by atoms with Crippen molar-refractivity contribution in [3.8, 4) is 11.5 Å². The zero-order valence-electron chi connectivity index (χ0n) is 17.1. The lowest BCUT2D eigenvalue weighted by Crippen LogP contribution is -2.61. The van der Waals surface area contributed by atoms with Crippen molar-refractivity contribution in [2.75, 3.05) is 12.4 Å². The number of esters is 1. The number of thioether (sulfide) groups is 1. The Balaban J connectivity index is 1.91. The molecule has 0 saturated carbocycles. The number of hydrogen-bond acceptors (Lipinski definition) is 6. The summed E-state index contributed by atoms with van der Waals surface area (Å²) in [7, 11) is 1.50. The summed E-state index contributed by atoms with van der Waals surface area (Å²) in [5.41, 5.74) is 0.501. The highest BCUT2D eigenvalue weighted by atomic mass is 32.2. The molecule has 8 heteroatoms. The molecular formula is C22H22N2O5S. The minimum absolute atomic E-state index is 0.214. The van der Waals surface area contributed by atoms with Crippen molar-refractivity contribution in [2.45, 2.75) is 41.9 Å². The third kappa shape index (κ3) is 3.21. The van der Waals surface area contributed by atoms with Crippen LogP contribution in [0.3, 0.4) is 0 Å². The van der Waals surface area contributed by atoms with E-state index in [4.69, 9.17) is 9.47 Å². The molecule has 2 aliphatic heterocycles. The highest BCUT2D eigenvalue weighted by molar-refractivity contribution is 8.02. The number of nitrogens with one attached hydrogen (secondary N) is 2. The fourth-order valence-corrected chi connectivity index (χ4v) is 5.01. The Morgan fingerprint density at radius 2 is 1.93 bits per heavy atom. The first-order chi connectivity index (χ1) is 14.2. The van der Waals surface area contributed by atoms with Crippen LogP contribution in [0.15, 0.2) is 47.4 Å². The van der Waals surface area contributed by atoms with E-state index in [-0.39, 0.29) is 5.75 Å². The van der Waals surface area contributed by atoms with Crippen LogP contribution in [0.2, 0.25) is 0 Å². The predicted molar refractivity (Wildman–Crippen MR) is 113 cm³/mol. The lowest BCUT2D eigenvalue weighted by molar-refractivity contribution is -0.146. The van der Waals surface area contributed by atoms with E-state index in [2.05, 4.69) is 10.6 Å². The fourth-order valence-electron chi connectivity index (χ4n) is 3.67. The molecule has 0 bridgehead atoms. The number of hydrogen-bond donors (Lipinski definition) is 2. The summed E-state index contributed by atoms with van der Waals surface area (Å²) in [6, 6.07) is 12.1. The van der Waals surface area contributed by atoms with Gasteiger partial charge < -0.3 is 20.1 Å². The predicted octanol–water partition coefficient (Wildman–Crippen LogP) is 3.10. The molecule has 2 atom stereocenters. The van der Waals surface area contributed by atoms with Gasteiger partial charge >= 0.3 is 5.97 Å². The second-order valence-electron chi connectivity index (χ2n) is 8.25. The molecule has 30 heavy (non-hydrogen) atoms. The van der Waals surface area contributed by atoms with E-state index in [0.29, 0.717) is 21.9 Å². The molecule has 2 aromatic rings. The summed E-state index contributed by atoms with van der Waals surface area (Å²) in [4.78, 5) is 40.8. The zero-order valence-corrected chi connectivity index (χ0v) is 17.9.